The summed E-state index contributed by atoms with van der Waals surface area (Å²) in [5, 5.41) is 11.9. The normalized spacial score (nSPS) is 11.8. The van der Waals surface area contributed by atoms with Crippen molar-refractivity contribution in [2.24, 2.45) is 0 Å². The lowest BCUT2D eigenvalue weighted by molar-refractivity contribution is 0.674. The van der Waals surface area contributed by atoms with Crippen molar-refractivity contribution < 1.29 is 4.42 Å². The van der Waals surface area contributed by atoms with Crippen LogP contribution in [0.25, 0.3) is 110 Å². The maximum absolute atomic E-state index is 7.06. The Balaban J connectivity index is 1.14. The van der Waals surface area contributed by atoms with Gasteiger partial charge in [0.25, 0.3) is 0 Å². The summed E-state index contributed by atoms with van der Waals surface area (Å²) in [7, 11) is 0. The molecule has 1 aromatic heterocycles. The molecule has 0 aliphatic rings. The van der Waals surface area contributed by atoms with Crippen LogP contribution in [0, 0.1) is 0 Å². The molecule has 0 saturated heterocycles. The van der Waals surface area contributed by atoms with Crippen LogP contribution in [0.4, 0.5) is 0 Å². The zero-order chi connectivity index (χ0) is 34.9. The predicted molar refractivity (Wildman–Crippen MR) is 225 cm³/mol. The summed E-state index contributed by atoms with van der Waals surface area (Å²) in [4.78, 5) is 0. The Kier molecular flexibility index (Phi) is 6.62. The predicted octanol–water partition coefficient (Wildman–Crippen LogP) is 14.9. The molecule has 1 heterocycles. The third kappa shape index (κ3) is 4.64. The van der Waals surface area contributed by atoms with Crippen LogP contribution in [0.15, 0.2) is 199 Å². The van der Waals surface area contributed by atoms with E-state index >= 15 is 0 Å². The molecular weight excluding hydrogens is 641 g/mol. The van der Waals surface area contributed by atoms with Gasteiger partial charge in [-0.1, -0.05) is 182 Å². The molecule has 246 valence electrons. The number of hydrogen-bond donors (Lipinski definition) is 0. The van der Waals surface area contributed by atoms with Crippen LogP contribution in [-0.4, -0.2) is 0 Å². The Hall–Kier alpha value is -6.96. The fraction of sp³-hybridized carbons (Fsp3) is 0. The smallest absolute Gasteiger partial charge is 0.143 e. The number of hydrogen-bond acceptors (Lipinski definition) is 1. The van der Waals surface area contributed by atoms with E-state index in [1.165, 1.54) is 82.0 Å². The van der Waals surface area contributed by atoms with Gasteiger partial charge in [-0.2, -0.15) is 0 Å². The first-order valence-electron chi connectivity index (χ1n) is 18.3. The van der Waals surface area contributed by atoms with Crippen molar-refractivity contribution >= 4 is 65.0 Å². The van der Waals surface area contributed by atoms with Crippen LogP contribution < -0.4 is 0 Å². The molecule has 0 aliphatic heterocycles. The highest BCUT2D eigenvalue weighted by Gasteiger charge is 2.22. The van der Waals surface area contributed by atoms with Gasteiger partial charge in [-0.15, -0.1) is 0 Å². The van der Waals surface area contributed by atoms with Crippen molar-refractivity contribution in [1.29, 1.82) is 0 Å². The zero-order valence-electron chi connectivity index (χ0n) is 28.9. The van der Waals surface area contributed by atoms with E-state index in [1.807, 2.05) is 0 Å². The van der Waals surface area contributed by atoms with E-state index in [9.17, 15) is 0 Å². The van der Waals surface area contributed by atoms with E-state index < -0.39 is 0 Å². The molecule has 0 spiro atoms. The van der Waals surface area contributed by atoms with E-state index in [0.717, 1.165) is 27.5 Å². The summed E-state index contributed by atoms with van der Waals surface area (Å²) in [5.74, 6) is 0. The van der Waals surface area contributed by atoms with Crippen LogP contribution in [0.1, 0.15) is 0 Å². The summed E-state index contributed by atoms with van der Waals surface area (Å²) in [6.45, 7) is 0. The third-order valence-electron chi connectivity index (χ3n) is 11.1. The molecule has 0 aliphatic carbocycles. The molecule has 11 rings (SSSR count). The topological polar surface area (TPSA) is 13.1 Å². The van der Waals surface area contributed by atoms with E-state index in [4.69, 9.17) is 4.42 Å². The van der Waals surface area contributed by atoms with E-state index in [1.54, 1.807) is 0 Å². The van der Waals surface area contributed by atoms with Crippen molar-refractivity contribution in [2.45, 2.75) is 0 Å². The first kappa shape index (κ1) is 29.7. The SMILES string of the molecule is c1ccc(-c2ccc(-c3ccc(-c4c5ccccc5c(-c5cc6ccccc6c6c5oc5c7ccccc7ccc56)c5ccccc45)cc3)cc2)cc1. The van der Waals surface area contributed by atoms with Crippen molar-refractivity contribution in [2.75, 3.05) is 0 Å². The second-order valence-electron chi connectivity index (χ2n) is 14.0. The molecule has 0 amide bonds. The molecule has 0 unspecified atom stereocenters. The Labute approximate surface area is 307 Å². The largest absolute Gasteiger partial charge is 0.455 e. The standard InChI is InChI=1S/C52H32O/c1-2-12-33(13-3-1)34-22-24-35(25-23-34)36-26-28-38(29-27-36)48-42-18-8-10-20-44(42)49(45-21-11-9-19-43(45)48)47-32-39-15-5-6-16-40(39)50-46-31-30-37-14-4-7-17-41(37)51(46)53-52(47)50/h1-32H. The molecule has 10 aromatic carbocycles. The first-order valence-corrected chi connectivity index (χ1v) is 18.3. The van der Waals surface area contributed by atoms with E-state index in [-0.39, 0.29) is 0 Å². The summed E-state index contributed by atoms with van der Waals surface area (Å²) in [6, 6.07) is 70.3. The van der Waals surface area contributed by atoms with Gasteiger partial charge in [0.15, 0.2) is 0 Å². The Bertz CT molecular complexity index is 3130. The highest BCUT2D eigenvalue weighted by atomic mass is 16.3. The molecule has 0 fully saturated rings. The highest BCUT2D eigenvalue weighted by Crippen LogP contribution is 2.49. The first-order chi connectivity index (χ1) is 26.3. The minimum atomic E-state index is 0.931. The number of benzene rings is 10. The summed E-state index contributed by atoms with van der Waals surface area (Å²) >= 11 is 0. The second kappa shape index (κ2) is 11.8. The summed E-state index contributed by atoms with van der Waals surface area (Å²) < 4.78 is 7.06. The molecule has 1 heteroatoms. The Morgan fingerprint density at radius 3 is 1.32 bits per heavy atom. The van der Waals surface area contributed by atoms with E-state index in [2.05, 4.69) is 194 Å². The van der Waals surface area contributed by atoms with Gasteiger partial charge >= 0.3 is 0 Å². The van der Waals surface area contributed by atoms with Gasteiger partial charge in [0.2, 0.25) is 0 Å². The molecular formula is C52H32O. The van der Waals surface area contributed by atoms with Gasteiger partial charge in [0, 0.05) is 27.3 Å². The van der Waals surface area contributed by atoms with Crippen molar-refractivity contribution in [1.82, 2.24) is 0 Å². The van der Waals surface area contributed by atoms with Gasteiger partial charge in [-0.25, -0.2) is 0 Å². The fourth-order valence-electron chi connectivity index (χ4n) is 8.58. The van der Waals surface area contributed by atoms with Crippen molar-refractivity contribution in [3.63, 3.8) is 0 Å². The molecule has 0 saturated carbocycles. The van der Waals surface area contributed by atoms with Crippen LogP contribution in [0.5, 0.6) is 0 Å². The average molecular weight is 673 g/mol. The zero-order valence-corrected chi connectivity index (χ0v) is 28.9. The van der Waals surface area contributed by atoms with Crippen molar-refractivity contribution in [3.8, 4) is 44.5 Å². The lowest BCUT2D eigenvalue weighted by Gasteiger charge is -2.18. The maximum Gasteiger partial charge on any atom is 0.143 e. The summed E-state index contributed by atoms with van der Waals surface area (Å²) in [5.41, 5.74) is 11.5. The minimum absolute atomic E-state index is 0.931. The molecule has 0 radical (unpaired) electrons. The van der Waals surface area contributed by atoms with Crippen LogP contribution in [-0.2, 0) is 0 Å². The quantitative estimate of drug-likeness (QED) is 0.170. The molecule has 1 nitrogen and oxygen atoms in total. The van der Waals surface area contributed by atoms with Crippen LogP contribution in [0.3, 0.4) is 0 Å². The lowest BCUT2D eigenvalue weighted by atomic mass is 9.84. The van der Waals surface area contributed by atoms with Gasteiger partial charge < -0.3 is 4.42 Å². The highest BCUT2D eigenvalue weighted by molar-refractivity contribution is 6.30. The summed E-state index contributed by atoms with van der Waals surface area (Å²) in [6.07, 6.45) is 0. The van der Waals surface area contributed by atoms with Crippen LogP contribution in [0.2, 0.25) is 0 Å². The monoisotopic (exact) mass is 672 g/mol. The lowest BCUT2D eigenvalue weighted by Crippen LogP contribution is -1.91. The van der Waals surface area contributed by atoms with Crippen molar-refractivity contribution in [3.05, 3.63) is 194 Å². The number of fused-ring (bicyclic) bond motifs is 9. The fourth-order valence-corrected chi connectivity index (χ4v) is 8.58. The Morgan fingerprint density at radius 1 is 0.264 bits per heavy atom. The van der Waals surface area contributed by atoms with Gasteiger partial charge in [0.1, 0.15) is 11.2 Å². The molecule has 53 heavy (non-hydrogen) atoms. The molecule has 0 bridgehead atoms. The van der Waals surface area contributed by atoms with Gasteiger partial charge in [-0.05, 0) is 83.2 Å². The average Bonchev–Trinajstić information content (AvgIpc) is 3.64. The number of rotatable bonds is 4. The minimum Gasteiger partial charge on any atom is -0.455 e. The Morgan fingerprint density at radius 2 is 0.717 bits per heavy atom. The third-order valence-corrected chi connectivity index (χ3v) is 11.1. The molecule has 11 aromatic rings. The van der Waals surface area contributed by atoms with E-state index in [0.29, 0.717) is 0 Å². The van der Waals surface area contributed by atoms with Crippen LogP contribution >= 0.6 is 0 Å². The number of furan rings is 1. The molecule has 0 N–H and O–H groups in total. The van der Waals surface area contributed by atoms with Gasteiger partial charge in [-0.3, -0.25) is 0 Å². The second-order valence-corrected chi connectivity index (χ2v) is 14.0. The maximum atomic E-state index is 7.06. The molecule has 0 atom stereocenters. The van der Waals surface area contributed by atoms with Gasteiger partial charge in [0.05, 0.1) is 0 Å².